The third kappa shape index (κ3) is 3.78. The maximum absolute atomic E-state index is 10.8. The van der Waals surface area contributed by atoms with Crippen LogP contribution < -0.4 is 4.90 Å². The molecule has 0 bridgehead atoms. The summed E-state index contributed by atoms with van der Waals surface area (Å²) in [5.41, 5.74) is 5.40. The highest BCUT2D eigenvalue weighted by molar-refractivity contribution is 5.58. The number of aliphatic hydroxyl groups is 1. The van der Waals surface area contributed by atoms with Gasteiger partial charge < -0.3 is 10.0 Å². The van der Waals surface area contributed by atoms with E-state index >= 15 is 0 Å². The number of benzene rings is 2. The fourth-order valence-corrected chi connectivity index (χ4v) is 4.61. The van der Waals surface area contributed by atoms with Gasteiger partial charge in [0.05, 0.1) is 12.3 Å². The summed E-state index contributed by atoms with van der Waals surface area (Å²) < 4.78 is 0. The van der Waals surface area contributed by atoms with Crippen molar-refractivity contribution in [3.8, 4) is 0 Å². The monoisotopic (exact) mass is 387 g/mol. The molecule has 0 amide bonds. The van der Waals surface area contributed by atoms with Crippen LogP contribution in [0.4, 0.5) is 5.69 Å². The molecule has 1 unspecified atom stereocenters. The fourth-order valence-electron chi connectivity index (χ4n) is 4.61. The number of nitrogens with zero attached hydrogens (tertiary/aromatic N) is 3. The van der Waals surface area contributed by atoms with Gasteiger partial charge in [0.2, 0.25) is 0 Å². The number of rotatable bonds is 5. The minimum atomic E-state index is -0.496. The van der Waals surface area contributed by atoms with Gasteiger partial charge in [0.25, 0.3) is 0 Å². The van der Waals surface area contributed by atoms with Crippen LogP contribution in [0.5, 0.6) is 0 Å². The lowest BCUT2D eigenvalue weighted by atomic mass is 9.82. The molecule has 1 atom stereocenters. The Hall–Kier alpha value is -2.69. The molecule has 4 nitrogen and oxygen atoms in total. The lowest BCUT2D eigenvalue weighted by Crippen LogP contribution is -2.62. The molecule has 150 valence electrons. The van der Waals surface area contributed by atoms with Crippen molar-refractivity contribution in [2.24, 2.45) is 0 Å². The molecule has 3 aromatic rings. The molecule has 1 N–H and O–H groups in total. The number of para-hydroxylation sites is 1. The van der Waals surface area contributed by atoms with Crippen molar-refractivity contribution in [2.75, 3.05) is 31.1 Å². The van der Waals surface area contributed by atoms with E-state index in [-0.39, 0.29) is 6.61 Å². The van der Waals surface area contributed by atoms with Gasteiger partial charge in [0.15, 0.2) is 0 Å². The quantitative estimate of drug-likeness (QED) is 0.721. The normalized spacial score (nSPS) is 20.0. The molecule has 1 aliphatic rings. The Labute approximate surface area is 173 Å². The summed E-state index contributed by atoms with van der Waals surface area (Å²) in [7, 11) is 0. The number of hydrogen-bond acceptors (Lipinski definition) is 4. The Bertz CT molecular complexity index is 959. The third-order valence-electron chi connectivity index (χ3n) is 6.07. The molecule has 1 saturated heterocycles. The van der Waals surface area contributed by atoms with E-state index in [1.807, 2.05) is 18.3 Å². The number of pyridine rings is 1. The first kappa shape index (κ1) is 19.6. The van der Waals surface area contributed by atoms with E-state index in [1.165, 1.54) is 22.4 Å². The number of aryl methyl sites for hydroxylation is 2. The van der Waals surface area contributed by atoms with Crippen LogP contribution in [-0.4, -0.2) is 41.2 Å². The standard InChI is InChI=1S/C25H29N3O/c1-20-9-3-5-12-23(20)25(19-29)18-27(17-22-11-7-8-14-26-22)15-16-28(25)24-13-6-4-10-21(24)2/h3-14,29H,15-19H2,1-2H3. The van der Waals surface area contributed by atoms with Gasteiger partial charge in [0.1, 0.15) is 5.54 Å². The Kier molecular flexibility index (Phi) is 5.65. The Morgan fingerprint density at radius 3 is 2.31 bits per heavy atom. The van der Waals surface area contributed by atoms with Crippen LogP contribution in [0.1, 0.15) is 22.4 Å². The molecule has 1 aromatic heterocycles. The van der Waals surface area contributed by atoms with Crippen molar-refractivity contribution in [1.82, 2.24) is 9.88 Å². The van der Waals surface area contributed by atoms with Gasteiger partial charge in [-0.05, 0) is 48.7 Å². The second kappa shape index (κ2) is 8.36. The molecular weight excluding hydrogens is 358 g/mol. The number of aromatic nitrogens is 1. The first-order chi connectivity index (χ1) is 14.1. The largest absolute Gasteiger partial charge is 0.394 e. The van der Waals surface area contributed by atoms with Gasteiger partial charge >= 0.3 is 0 Å². The molecular formula is C25H29N3O. The van der Waals surface area contributed by atoms with Crippen LogP contribution in [-0.2, 0) is 12.1 Å². The number of piperazine rings is 1. The van der Waals surface area contributed by atoms with Crippen molar-refractivity contribution in [1.29, 1.82) is 0 Å². The van der Waals surface area contributed by atoms with Crippen LogP contribution in [0.15, 0.2) is 72.9 Å². The third-order valence-corrected chi connectivity index (χ3v) is 6.07. The predicted octanol–water partition coefficient (Wildman–Crippen LogP) is 3.91. The summed E-state index contributed by atoms with van der Waals surface area (Å²) in [5, 5.41) is 10.8. The van der Waals surface area contributed by atoms with Crippen LogP contribution in [0.25, 0.3) is 0 Å². The summed E-state index contributed by atoms with van der Waals surface area (Å²) in [6.07, 6.45) is 1.85. The van der Waals surface area contributed by atoms with Crippen molar-refractivity contribution in [3.05, 3.63) is 95.3 Å². The van der Waals surface area contributed by atoms with E-state index in [2.05, 4.69) is 83.2 Å². The SMILES string of the molecule is Cc1ccccc1N1CCN(Cc2ccccn2)CC1(CO)c1ccccc1C. The van der Waals surface area contributed by atoms with Crippen LogP contribution >= 0.6 is 0 Å². The van der Waals surface area contributed by atoms with Gasteiger partial charge in [-0.1, -0.05) is 48.5 Å². The van der Waals surface area contributed by atoms with Crippen molar-refractivity contribution >= 4 is 5.69 Å². The average molecular weight is 388 g/mol. The zero-order chi connectivity index (χ0) is 20.3. The Balaban J connectivity index is 1.76. The van der Waals surface area contributed by atoms with Crippen LogP contribution in [0.3, 0.4) is 0 Å². The molecule has 0 saturated carbocycles. The minimum Gasteiger partial charge on any atom is -0.394 e. The Morgan fingerprint density at radius 2 is 1.62 bits per heavy atom. The second-order valence-corrected chi connectivity index (χ2v) is 7.97. The molecule has 1 aliphatic heterocycles. The highest BCUT2D eigenvalue weighted by Gasteiger charge is 2.44. The molecule has 29 heavy (non-hydrogen) atoms. The molecule has 0 radical (unpaired) electrons. The van der Waals surface area contributed by atoms with Crippen LogP contribution in [0, 0.1) is 13.8 Å². The summed E-state index contributed by atoms with van der Waals surface area (Å²) >= 11 is 0. The van der Waals surface area contributed by atoms with Gasteiger partial charge in [-0.25, -0.2) is 0 Å². The maximum atomic E-state index is 10.8. The van der Waals surface area contributed by atoms with Crippen LogP contribution in [0.2, 0.25) is 0 Å². The van der Waals surface area contributed by atoms with Gasteiger partial charge in [-0.3, -0.25) is 9.88 Å². The van der Waals surface area contributed by atoms with Gasteiger partial charge in [0, 0.05) is 38.1 Å². The molecule has 1 fully saturated rings. The summed E-state index contributed by atoms with van der Waals surface area (Å²) in [5.74, 6) is 0. The lowest BCUT2D eigenvalue weighted by molar-refractivity contribution is 0.0952. The van der Waals surface area contributed by atoms with E-state index in [1.54, 1.807) is 0 Å². The summed E-state index contributed by atoms with van der Waals surface area (Å²) in [4.78, 5) is 9.34. The topological polar surface area (TPSA) is 39.6 Å². The zero-order valence-electron chi connectivity index (χ0n) is 17.3. The summed E-state index contributed by atoms with van der Waals surface area (Å²) in [6, 6.07) is 23.0. The predicted molar refractivity (Wildman–Crippen MR) is 118 cm³/mol. The van der Waals surface area contributed by atoms with E-state index in [0.717, 1.165) is 31.9 Å². The average Bonchev–Trinajstić information content (AvgIpc) is 2.75. The van der Waals surface area contributed by atoms with Gasteiger partial charge in [-0.2, -0.15) is 0 Å². The van der Waals surface area contributed by atoms with E-state index in [9.17, 15) is 5.11 Å². The van der Waals surface area contributed by atoms with Crippen molar-refractivity contribution < 1.29 is 5.11 Å². The molecule has 4 rings (SSSR count). The maximum Gasteiger partial charge on any atom is 0.101 e. The molecule has 0 spiro atoms. The zero-order valence-corrected chi connectivity index (χ0v) is 17.3. The van der Waals surface area contributed by atoms with E-state index in [4.69, 9.17) is 0 Å². The van der Waals surface area contributed by atoms with Crippen molar-refractivity contribution in [3.63, 3.8) is 0 Å². The van der Waals surface area contributed by atoms with E-state index < -0.39 is 5.54 Å². The molecule has 2 aromatic carbocycles. The Morgan fingerprint density at radius 1 is 0.897 bits per heavy atom. The second-order valence-electron chi connectivity index (χ2n) is 7.97. The first-order valence-corrected chi connectivity index (χ1v) is 10.3. The van der Waals surface area contributed by atoms with Crippen molar-refractivity contribution in [2.45, 2.75) is 25.9 Å². The first-order valence-electron chi connectivity index (χ1n) is 10.3. The van der Waals surface area contributed by atoms with E-state index in [0.29, 0.717) is 0 Å². The number of anilines is 1. The summed E-state index contributed by atoms with van der Waals surface area (Å²) in [6.45, 7) is 7.67. The molecule has 4 heteroatoms. The highest BCUT2D eigenvalue weighted by atomic mass is 16.3. The fraction of sp³-hybridized carbons (Fsp3) is 0.320. The highest BCUT2D eigenvalue weighted by Crippen LogP contribution is 2.39. The lowest BCUT2D eigenvalue weighted by Gasteiger charge is -2.52. The molecule has 2 heterocycles. The number of aliphatic hydroxyl groups excluding tert-OH is 1. The van der Waals surface area contributed by atoms with Gasteiger partial charge in [-0.15, -0.1) is 0 Å². The number of hydrogen-bond donors (Lipinski definition) is 1. The minimum absolute atomic E-state index is 0.0604. The smallest absolute Gasteiger partial charge is 0.101 e. The molecule has 0 aliphatic carbocycles.